The number of carbonyl (C=O) groups is 1. The van der Waals surface area contributed by atoms with Gasteiger partial charge in [0.25, 0.3) is 0 Å². The molecule has 0 bridgehead atoms. The molecule has 0 amide bonds. The molecular formula is C24H44O2. The van der Waals surface area contributed by atoms with Crippen LogP contribution in [0, 0.1) is 22.7 Å². The highest BCUT2D eigenvalue weighted by atomic mass is 16.5. The molecule has 0 heterocycles. The molecule has 0 saturated heterocycles. The summed E-state index contributed by atoms with van der Waals surface area (Å²) in [5.74, 6) is 1.38. The molecule has 26 heavy (non-hydrogen) atoms. The van der Waals surface area contributed by atoms with E-state index in [1.54, 1.807) is 0 Å². The van der Waals surface area contributed by atoms with Crippen LogP contribution in [0.2, 0.25) is 0 Å². The normalized spacial score (nSPS) is 32.5. The van der Waals surface area contributed by atoms with Crippen molar-refractivity contribution in [2.24, 2.45) is 22.7 Å². The van der Waals surface area contributed by atoms with Crippen molar-refractivity contribution in [3.63, 3.8) is 0 Å². The Morgan fingerprint density at radius 3 is 1.81 bits per heavy atom. The van der Waals surface area contributed by atoms with Gasteiger partial charge in [0, 0.05) is 0 Å². The number of unbranched alkanes of at least 4 members (excludes halogenated alkanes) is 9. The fourth-order valence-electron chi connectivity index (χ4n) is 5.51. The SMILES string of the molecule is CCCCCCCCCC1(C2(C(=O)OCCCCCC)CC2C)CC1C. The summed E-state index contributed by atoms with van der Waals surface area (Å²) in [7, 11) is 0. The molecule has 0 radical (unpaired) electrons. The topological polar surface area (TPSA) is 26.3 Å². The van der Waals surface area contributed by atoms with Crippen LogP contribution in [0.1, 0.15) is 118 Å². The van der Waals surface area contributed by atoms with E-state index in [9.17, 15) is 4.79 Å². The van der Waals surface area contributed by atoms with Gasteiger partial charge in [-0.15, -0.1) is 0 Å². The summed E-state index contributed by atoms with van der Waals surface area (Å²) in [6.45, 7) is 9.76. The van der Waals surface area contributed by atoms with E-state index >= 15 is 0 Å². The van der Waals surface area contributed by atoms with Crippen LogP contribution in [-0.2, 0) is 9.53 Å². The molecule has 2 aliphatic rings. The van der Waals surface area contributed by atoms with Crippen LogP contribution in [0.15, 0.2) is 0 Å². The number of rotatable bonds is 15. The molecule has 0 aliphatic heterocycles. The third-order valence-corrected chi connectivity index (χ3v) is 7.47. The smallest absolute Gasteiger partial charge is 0.312 e. The molecule has 0 aromatic carbocycles. The number of esters is 1. The van der Waals surface area contributed by atoms with E-state index in [2.05, 4.69) is 27.7 Å². The quantitative estimate of drug-likeness (QED) is 0.225. The molecule has 2 aliphatic carbocycles. The first-order valence-corrected chi connectivity index (χ1v) is 11.7. The van der Waals surface area contributed by atoms with Crippen LogP contribution in [0.3, 0.4) is 0 Å². The highest BCUT2D eigenvalue weighted by molar-refractivity contribution is 5.82. The molecule has 2 saturated carbocycles. The highest BCUT2D eigenvalue weighted by Gasteiger charge is 2.76. The summed E-state index contributed by atoms with van der Waals surface area (Å²) < 4.78 is 5.79. The maximum absolute atomic E-state index is 13.0. The molecule has 0 spiro atoms. The Kier molecular flexibility index (Phi) is 8.48. The van der Waals surface area contributed by atoms with Crippen molar-refractivity contribution in [1.82, 2.24) is 0 Å². The van der Waals surface area contributed by atoms with Gasteiger partial charge in [-0.2, -0.15) is 0 Å². The van der Waals surface area contributed by atoms with Gasteiger partial charge in [-0.05, 0) is 42.9 Å². The lowest BCUT2D eigenvalue weighted by molar-refractivity contribution is -0.155. The zero-order valence-corrected chi connectivity index (χ0v) is 18.1. The standard InChI is InChI=1S/C24H44O2/c1-5-7-9-11-12-13-14-16-23(18-20(23)3)24(19-21(24)4)22(25)26-17-15-10-8-6-2/h20-21H,5-19H2,1-4H3. The minimum atomic E-state index is -0.126. The Hall–Kier alpha value is -0.530. The second-order valence-electron chi connectivity index (χ2n) is 9.41. The maximum Gasteiger partial charge on any atom is 0.312 e. The molecule has 2 nitrogen and oxygen atoms in total. The Balaban J connectivity index is 1.77. The first-order valence-electron chi connectivity index (χ1n) is 11.7. The molecule has 4 atom stereocenters. The molecule has 0 aromatic rings. The number of carbonyl (C=O) groups excluding carboxylic acids is 1. The summed E-state index contributed by atoms with van der Waals surface area (Å²) in [5, 5.41) is 0. The predicted molar refractivity (Wildman–Crippen MR) is 110 cm³/mol. The van der Waals surface area contributed by atoms with E-state index < -0.39 is 0 Å². The molecule has 152 valence electrons. The molecular weight excluding hydrogens is 320 g/mol. The van der Waals surface area contributed by atoms with Gasteiger partial charge in [0.1, 0.15) is 0 Å². The van der Waals surface area contributed by atoms with E-state index in [0.717, 1.165) is 12.8 Å². The number of hydrogen-bond donors (Lipinski definition) is 0. The third kappa shape index (κ3) is 4.84. The molecule has 4 unspecified atom stereocenters. The zero-order valence-electron chi connectivity index (χ0n) is 18.1. The molecule has 0 aromatic heterocycles. The average molecular weight is 365 g/mol. The van der Waals surface area contributed by atoms with Gasteiger partial charge in [0.2, 0.25) is 0 Å². The van der Waals surface area contributed by atoms with Crippen molar-refractivity contribution < 1.29 is 9.53 Å². The lowest BCUT2D eigenvalue weighted by Crippen LogP contribution is -2.32. The Morgan fingerprint density at radius 2 is 1.31 bits per heavy atom. The van der Waals surface area contributed by atoms with Crippen molar-refractivity contribution in [2.75, 3.05) is 6.61 Å². The minimum Gasteiger partial charge on any atom is -0.465 e. The minimum absolute atomic E-state index is 0.126. The van der Waals surface area contributed by atoms with Crippen LogP contribution >= 0.6 is 0 Å². The maximum atomic E-state index is 13.0. The van der Waals surface area contributed by atoms with Crippen molar-refractivity contribution in [3.05, 3.63) is 0 Å². The van der Waals surface area contributed by atoms with Crippen molar-refractivity contribution in [1.29, 1.82) is 0 Å². The average Bonchev–Trinajstić information content (AvgIpc) is 3.50. The highest BCUT2D eigenvalue weighted by Crippen LogP contribution is 2.77. The lowest BCUT2D eigenvalue weighted by Gasteiger charge is -2.28. The molecule has 2 rings (SSSR count). The number of ether oxygens (including phenoxy) is 1. The van der Waals surface area contributed by atoms with Crippen LogP contribution in [0.4, 0.5) is 0 Å². The van der Waals surface area contributed by atoms with Gasteiger partial charge in [0.05, 0.1) is 12.0 Å². The largest absolute Gasteiger partial charge is 0.465 e. The Labute approximate surface area is 162 Å². The lowest BCUT2D eigenvalue weighted by atomic mass is 9.77. The van der Waals surface area contributed by atoms with E-state index in [0.29, 0.717) is 18.4 Å². The van der Waals surface area contributed by atoms with Crippen LogP contribution in [0.25, 0.3) is 0 Å². The first kappa shape index (κ1) is 21.8. The van der Waals surface area contributed by atoms with E-state index in [1.807, 2.05) is 0 Å². The molecule has 2 heteroatoms. The summed E-state index contributed by atoms with van der Waals surface area (Å²) in [6.07, 6.45) is 17.8. The monoisotopic (exact) mass is 364 g/mol. The van der Waals surface area contributed by atoms with Gasteiger partial charge in [-0.25, -0.2) is 0 Å². The second kappa shape index (κ2) is 10.1. The van der Waals surface area contributed by atoms with Crippen LogP contribution < -0.4 is 0 Å². The zero-order chi connectivity index (χ0) is 19.0. The number of hydrogen-bond acceptors (Lipinski definition) is 2. The predicted octanol–water partition coefficient (Wildman–Crippen LogP) is 7.30. The van der Waals surface area contributed by atoms with E-state index in [1.165, 1.54) is 77.0 Å². The van der Waals surface area contributed by atoms with Crippen LogP contribution in [0.5, 0.6) is 0 Å². The van der Waals surface area contributed by atoms with Gasteiger partial charge in [-0.1, -0.05) is 91.9 Å². The Morgan fingerprint density at radius 1 is 0.808 bits per heavy atom. The van der Waals surface area contributed by atoms with Crippen molar-refractivity contribution in [3.8, 4) is 0 Å². The summed E-state index contributed by atoms with van der Waals surface area (Å²) in [6, 6.07) is 0. The third-order valence-electron chi connectivity index (χ3n) is 7.47. The fourth-order valence-corrected chi connectivity index (χ4v) is 5.51. The second-order valence-corrected chi connectivity index (χ2v) is 9.41. The molecule has 2 fully saturated rings. The fraction of sp³-hybridized carbons (Fsp3) is 0.958. The van der Waals surface area contributed by atoms with Crippen molar-refractivity contribution >= 4 is 5.97 Å². The van der Waals surface area contributed by atoms with E-state index in [-0.39, 0.29) is 16.8 Å². The first-order chi connectivity index (χ1) is 12.5. The summed E-state index contributed by atoms with van der Waals surface area (Å²) in [5.41, 5.74) is 0.149. The van der Waals surface area contributed by atoms with Gasteiger partial charge in [0.15, 0.2) is 0 Å². The van der Waals surface area contributed by atoms with E-state index in [4.69, 9.17) is 4.74 Å². The van der Waals surface area contributed by atoms with Gasteiger partial charge >= 0.3 is 5.97 Å². The summed E-state index contributed by atoms with van der Waals surface area (Å²) >= 11 is 0. The van der Waals surface area contributed by atoms with Gasteiger partial charge < -0.3 is 4.74 Å². The molecule has 0 N–H and O–H groups in total. The van der Waals surface area contributed by atoms with Gasteiger partial charge in [-0.3, -0.25) is 4.79 Å². The van der Waals surface area contributed by atoms with Crippen molar-refractivity contribution in [2.45, 2.75) is 118 Å². The van der Waals surface area contributed by atoms with Crippen LogP contribution in [-0.4, -0.2) is 12.6 Å². The summed E-state index contributed by atoms with van der Waals surface area (Å²) in [4.78, 5) is 13.0. The Bertz CT molecular complexity index is 432.